The Kier molecular flexibility index (Phi) is 6.80. The van der Waals surface area contributed by atoms with E-state index in [1.54, 1.807) is 0 Å². The molecule has 2 aliphatic rings. The number of ether oxygens (including phenoxy) is 1. The average Bonchev–Trinajstić information content (AvgIpc) is 2.76. The third-order valence-electron chi connectivity index (χ3n) is 5.41. The molecule has 1 saturated heterocycles. The normalized spacial score (nSPS) is 18.2. The summed E-state index contributed by atoms with van der Waals surface area (Å²) in [7, 11) is 0. The number of fused-ring (bicyclic) bond motifs is 1. The summed E-state index contributed by atoms with van der Waals surface area (Å²) in [6, 6.07) is 10.4. The predicted molar refractivity (Wildman–Crippen MR) is 124 cm³/mol. The van der Waals surface area contributed by atoms with Crippen molar-refractivity contribution in [1.29, 1.82) is 0 Å². The number of carbonyl (C=O) groups excluding carboxylic acids is 2. The van der Waals surface area contributed by atoms with E-state index in [0.717, 1.165) is 38.0 Å². The van der Waals surface area contributed by atoms with Crippen molar-refractivity contribution in [2.75, 3.05) is 36.4 Å². The van der Waals surface area contributed by atoms with Gasteiger partial charge in [-0.25, -0.2) is 0 Å². The Balaban J connectivity index is 1.51. The molecule has 2 aliphatic heterocycles. The molecule has 1 fully saturated rings. The minimum Gasteiger partial charge on any atom is -0.477 e. The lowest BCUT2D eigenvalue weighted by molar-refractivity contribution is -0.139. The van der Waals surface area contributed by atoms with Gasteiger partial charge in [-0.3, -0.25) is 9.59 Å². The van der Waals surface area contributed by atoms with Gasteiger partial charge in [-0.2, -0.15) is 0 Å². The largest absolute Gasteiger partial charge is 0.477 e. The number of hydrogen-bond acceptors (Lipinski definition) is 4. The smallest absolute Gasteiger partial charge is 0.265 e. The van der Waals surface area contributed by atoms with Crippen LogP contribution >= 0.6 is 34.8 Å². The molecule has 0 bridgehead atoms. The first kappa shape index (κ1) is 22.1. The van der Waals surface area contributed by atoms with Crippen LogP contribution in [0.3, 0.4) is 0 Å². The van der Waals surface area contributed by atoms with Gasteiger partial charge in [0.15, 0.2) is 6.10 Å². The monoisotopic (exact) mass is 481 g/mol. The first-order valence-corrected chi connectivity index (χ1v) is 11.3. The number of nitrogens with one attached hydrogen (secondary N) is 1. The third-order valence-corrected chi connectivity index (χ3v) is 6.22. The summed E-state index contributed by atoms with van der Waals surface area (Å²) in [5.41, 5.74) is 1.06. The lowest BCUT2D eigenvalue weighted by atomic mass is 10.1. The average molecular weight is 483 g/mol. The van der Waals surface area contributed by atoms with E-state index in [4.69, 9.17) is 39.5 Å². The first-order chi connectivity index (χ1) is 14.9. The van der Waals surface area contributed by atoms with Gasteiger partial charge in [-0.1, -0.05) is 46.9 Å². The van der Waals surface area contributed by atoms with E-state index in [0.29, 0.717) is 16.5 Å². The van der Waals surface area contributed by atoms with Gasteiger partial charge in [-0.15, -0.1) is 0 Å². The standard InChI is InChI=1S/C22H22Cl3N3O3/c23-14-10-15(24)21(16(25)11-14)26-20(29)13-28-12-19(22(30)27-8-4-1-5-9-27)31-18-7-3-2-6-17(18)28/h2-3,6-7,10-11,19H,1,4-5,8-9,12-13H2,(H,26,29). The quantitative estimate of drug-likeness (QED) is 0.676. The van der Waals surface area contributed by atoms with Crippen molar-refractivity contribution in [2.24, 2.45) is 0 Å². The zero-order valence-corrected chi connectivity index (χ0v) is 19.0. The SMILES string of the molecule is O=C(CN1CC(C(=O)N2CCCCC2)Oc2ccccc21)Nc1c(Cl)cc(Cl)cc1Cl. The number of rotatable bonds is 4. The number of para-hydroxylation sites is 2. The van der Waals surface area contributed by atoms with Crippen molar-refractivity contribution < 1.29 is 14.3 Å². The summed E-state index contributed by atoms with van der Waals surface area (Å²) in [6.07, 6.45) is 2.48. The van der Waals surface area contributed by atoms with E-state index in [9.17, 15) is 9.59 Å². The van der Waals surface area contributed by atoms with Crippen LogP contribution in [0.15, 0.2) is 36.4 Å². The second-order valence-electron chi connectivity index (χ2n) is 7.63. The number of carbonyl (C=O) groups is 2. The highest BCUT2D eigenvalue weighted by Crippen LogP contribution is 2.35. The van der Waals surface area contributed by atoms with Crippen LogP contribution in [-0.4, -0.2) is 49.0 Å². The maximum Gasteiger partial charge on any atom is 0.265 e. The van der Waals surface area contributed by atoms with Crippen LogP contribution in [0.5, 0.6) is 5.75 Å². The Labute approximate surface area is 196 Å². The number of anilines is 2. The van der Waals surface area contributed by atoms with E-state index in [-0.39, 0.29) is 34.9 Å². The minimum atomic E-state index is -0.663. The molecule has 4 rings (SSSR count). The highest BCUT2D eigenvalue weighted by molar-refractivity contribution is 6.42. The zero-order valence-electron chi connectivity index (χ0n) is 16.7. The molecule has 6 nitrogen and oxygen atoms in total. The Morgan fingerprint density at radius 3 is 2.42 bits per heavy atom. The van der Waals surface area contributed by atoms with Gasteiger partial charge in [0.25, 0.3) is 5.91 Å². The van der Waals surface area contributed by atoms with Crippen molar-refractivity contribution in [3.8, 4) is 5.75 Å². The van der Waals surface area contributed by atoms with Crippen LogP contribution in [0, 0.1) is 0 Å². The van der Waals surface area contributed by atoms with Crippen molar-refractivity contribution in [3.05, 3.63) is 51.5 Å². The van der Waals surface area contributed by atoms with Crippen LogP contribution < -0.4 is 15.0 Å². The van der Waals surface area contributed by atoms with Crippen LogP contribution in [0.2, 0.25) is 15.1 Å². The van der Waals surface area contributed by atoms with Gasteiger partial charge in [0, 0.05) is 18.1 Å². The molecule has 0 aliphatic carbocycles. The molecular weight excluding hydrogens is 461 g/mol. The van der Waals surface area contributed by atoms with Crippen LogP contribution in [0.25, 0.3) is 0 Å². The summed E-state index contributed by atoms with van der Waals surface area (Å²) in [5, 5.41) is 3.65. The number of benzene rings is 2. The number of halogens is 3. The zero-order chi connectivity index (χ0) is 22.0. The maximum atomic E-state index is 13.0. The lowest BCUT2D eigenvalue weighted by Gasteiger charge is -2.38. The number of amides is 2. The second kappa shape index (κ2) is 9.55. The Morgan fingerprint density at radius 1 is 1.03 bits per heavy atom. The van der Waals surface area contributed by atoms with Crippen molar-refractivity contribution in [2.45, 2.75) is 25.4 Å². The van der Waals surface area contributed by atoms with Gasteiger partial charge in [0.1, 0.15) is 5.75 Å². The predicted octanol–water partition coefficient (Wildman–Crippen LogP) is 4.87. The molecule has 2 aromatic rings. The van der Waals surface area contributed by atoms with Gasteiger partial charge in [-0.05, 0) is 43.5 Å². The van der Waals surface area contributed by atoms with E-state index < -0.39 is 6.10 Å². The molecule has 0 saturated carbocycles. The highest BCUT2D eigenvalue weighted by atomic mass is 35.5. The van der Waals surface area contributed by atoms with Crippen LogP contribution in [0.1, 0.15) is 19.3 Å². The van der Waals surface area contributed by atoms with Crippen molar-refractivity contribution in [3.63, 3.8) is 0 Å². The molecule has 31 heavy (non-hydrogen) atoms. The van der Waals surface area contributed by atoms with Gasteiger partial charge >= 0.3 is 0 Å². The number of nitrogens with zero attached hydrogens (tertiary/aromatic N) is 2. The minimum absolute atomic E-state index is 0.0133. The Hall–Kier alpha value is -2.15. The summed E-state index contributed by atoms with van der Waals surface area (Å²) >= 11 is 18.3. The summed E-state index contributed by atoms with van der Waals surface area (Å²) in [6.45, 7) is 1.78. The van der Waals surface area contributed by atoms with Crippen LogP contribution in [-0.2, 0) is 9.59 Å². The topological polar surface area (TPSA) is 61.9 Å². The fourth-order valence-corrected chi connectivity index (χ4v) is 4.83. The van der Waals surface area contributed by atoms with E-state index >= 15 is 0 Å². The molecule has 2 amide bonds. The molecule has 9 heteroatoms. The molecular formula is C22H22Cl3N3O3. The number of hydrogen-bond donors (Lipinski definition) is 1. The van der Waals surface area contributed by atoms with Crippen molar-refractivity contribution in [1.82, 2.24) is 4.90 Å². The van der Waals surface area contributed by atoms with Gasteiger partial charge < -0.3 is 19.9 Å². The molecule has 164 valence electrons. The number of likely N-dealkylation sites (tertiary alicyclic amines) is 1. The summed E-state index contributed by atoms with van der Waals surface area (Å²) in [4.78, 5) is 29.6. The van der Waals surface area contributed by atoms with E-state index in [1.165, 1.54) is 12.1 Å². The second-order valence-corrected chi connectivity index (χ2v) is 8.88. The maximum absolute atomic E-state index is 13.0. The molecule has 1 atom stereocenters. The van der Waals surface area contributed by atoms with Crippen LogP contribution in [0.4, 0.5) is 11.4 Å². The molecule has 0 radical (unpaired) electrons. The molecule has 2 heterocycles. The molecule has 1 N–H and O–H groups in total. The Bertz CT molecular complexity index is 972. The molecule has 0 spiro atoms. The van der Waals surface area contributed by atoms with Gasteiger partial charge in [0.05, 0.1) is 34.5 Å². The lowest BCUT2D eigenvalue weighted by Crippen LogP contribution is -2.52. The summed E-state index contributed by atoms with van der Waals surface area (Å²) < 4.78 is 6.01. The Morgan fingerprint density at radius 2 is 1.71 bits per heavy atom. The van der Waals surface area contributed by atoms with E-state index in [1.807, 2.05) is 34.1 Å². The molecule has 0 aromatic heterocycles. The molecule has 1 unspecified atom stereocenters. The third kappa shape index (κ3) is 5.03. The van der Waals surface area contributed by atoms with E-state index in [2.05, 4.69) is 5.32 Å². The van der Waals surface area contributed by atoms with Crippen molar-refractivity contribution >= 4 is 58.0 Å². The fraction of sp³-hybridized carbons (Fsp3) is 0.364. The highest BCUT2D eigenvalue weighted by Gasteiger charge is 2.34. The number of piperidine rings is 1. The summed E-state index contributed by atoms with van der Waals surface area (Å²) in [5.74, 6) is 0.231. The molecule has 2 aromatic carbocycles. The fourth-order valence-electron chi connectivity index (χ4n) is 3.92. The first-order valence-electron chi connectivity index (χ1n) is 10.2. The van der Waals surface area contributed by atoms with Gasteiger partial charge in [0.2, 0.25) is 5.91 Å².